The van der Waals surface area contributed by atoms with Crippen molar-refractivity contribution in [2.45, 2.75) is 33.0 Å². The van der Waals surface area contributed by atoms with Gasteiger partial charge >= 0.3 is 12.1 Å². The van der Waals surface area contributed by atoms with Crippen molar-refractivity contribution in [3.8, 4) is 16.9 Å². The molecule has 202 valence electrons. The molecule has 0 aliphatic rings. The van der Waals surface area contributed by atoms with E-state index in [-0.39, 0.29) is 12.4 Å². The summed E-state index contributed by atoms with van der Waals surface area (Å²) in [5.41, 5.74) is 2.56. The fourth-order valence-corrected chi connectivity index (χ4v) is 3.98. The molecule has 0 unspecified atom stereocenters. The Morgan fingerprint density at radius 1 is 0.974 bits per heavy atom. The van der Waals surface area contributed by atoms with Crippen LogP contribution in [0, 0.1) is 0 Å². The highest BCUT2D eigenvalue weighted by atomic mass is 35.5. The van der Waals surface area contributed by atoms with Crippen LogP contribution in [-0.2, 0) is 20.9 Å². The van der Waals surface area contributed by atoms with Gasteiger partial charge in [0.1, 0.15) is 24.5 Å². The molecule has 4 aromatic rings. The van der Waals surface area contributed by atoms with E-state index in [4.69, 9.17) is 21.1 Å². The van der Waals surface area contributed by atoms with E-state index in [0.29, 0.717) is 28.4 Å². The Hall–Kier alpha value is -4.37. The van der Waals surface area contributed by atoms with Crippen molar-refractivity contribution in [2.75, 3.05) is 13.7 Å². The number of hydrogen-bond donors (Lipinski definition) is 1. The Labute approximate surface area is 230 Å². The molecule has 4 rings (SSSR count). The van der Waals surface area contributed by atoms with E-state index < -0.39 is 23.6 Å². The first-order chi connectivity index (χ1) is 18.5. The van der Waals surface area contributed by atoms with Gasteiger partial charge in [0, 0.05) is 5.02 Å². The lowest BCUT2D eigenvalue weighted by Gasteiger charge is -2.20. The van der Waals surface area contributed by atoms with Gasteiger partial charge in [-0.1, -0.05) is 41.9 Å². The molecule has 0 saturated carbocycles. The summed E-state index contributed by atoms with van der Waals surface area (Å²) in [6.45, 7) is 5.15. The standard InChI is InChI=1S/C29H28ClN3O6/c1-29(2,3)39-28(36)33-24-12-11-20(15-23(24)32-26(33)27(35)31-16-25(34)37-4)19-8-6-10-22(14-19)38-17-18-7-5-9-21(30)13-18/h5-15H,16-17H2,1-4H3,(H,31,35). The number of nitrogens with zero attached hydrogens (tertiary/aromatic N) is 2. The van der Waals surface area contributed by atoms with Gasteiger partial charge in [-0.2, -0.15) is 0 Å². The van der Waals surface area contributed by atoms with Crippen LogP contribution in [0.4, 0.5) is 4.79 Å². The average Bonchev–Trinajstić information content (AvgIpc) is 3.29. The van der Waals surface area contributed by atoms with Gasteiger partial charge in [0.2, 0.25) is 5.82 Å². The molecular formula is C29H28ClN3O6. The van der Waals surface area contributed by atoms with Gasteiger partial charge in [-0.25, -0.2) is 14.3 Å². The molecule has 1 amide bonds. The summed E-state index contributed by atoms with van der Waals surface area (Å²) in [5.74, 6) is -0.905. The van der Waals surface area contributed by atoms with Crippen LogP contribution in [0.1, 0.15) is 37.0 Å². The maximum absolute atomic E-state index is 13.1. The smallest absolute Gasteiger partial charge is 0.420 e. The third kappa shape index (κ3) is 6.94. The third-order valence-electron chi connectivity index (χ3n) is 5.52. The van der Waals surface area contributed by atoms with E-state index in [1.165, 1.54) is 7.11 Å². The van der Waals surface area contributed by atoms with Gasteiger partial charge in [0.05, 0.1) is 18.1 Å². The monoisotopic (exact) mass is 549 g/mol. The Kier molecular flexibility index (Phi) is 8.21. The second kappa shape index (κ2) is 11.6. The normalized spacial score (nSPS) is 11.2. The Bertz CT molecular complexity index is 1540. The lowest BCUT2D eigenvalue weighted by molar-refractivity contribution is -0.139. The Balaban J connectivity index is 1.66. The number of imidazole rings is 1. The molecule has 0 saturated heterocycles. The number of rotatable bonds is 7. The third-order valence-corrected chi connectivity index (χ3v) is 5.75. The number of hydrogen-bond acceptors (Lipinski definition) is 7. The molecule has 0 spiro atoms. The Morgan fingerprint density at radius 3 is 2.44 bits per heavy atom. The predicted molar refractivity (Wildman–Crippen MR) is 147 cm³/mol. The molecule has 0 radical (unpaired) electrons. The second-order valence-corrected chi connectivity index (χ2v) is 10.1. The van der Waals surface area contributed by atoms with Crippen LogP contribution in [0.5, 0.6) is 5.75 Å². The molecule has 0 aliphatic heterocycles. The maximum atomic E-state index is 13.1. The van der Waals surface area contributed by atoms with Crippen molar-refractivity contribution >= 4 is 40.6 Å². The van der Waals surface area contributed by atoms with Crippen LogP contribution < -0.4 is 10.1 Å². The number of fused-ring (bicyclic) bond motifs is 1. The van der Waals surface area contributed by atoms with Gasteiger partial charge in [-0.15, -0.1) is 0 Å². The number of carbonyl (C=O) groups excluding carboxylic acids is 3. The number of methoxy groups -OCH3 is 1. The van der Waals surface area contributed by atoms with Crippen LogP contribution in [0.2, 0.25) is 5.02 Å². The summed E-state index contributed by atoms with van der Waals surface area (Å²) in [5, 5.41) is 3.07. The molecule has 0 bridgehead atoms. The molecule has 10 heteroatoms. The predicted octanol–water partition coefficient (Wildman–Crippen LogP) is 5.62. The van der Waals surface area contributed by atoms with Crippen molar-refractivity contribution < 1.29 is 28.6 Å². The molecule has 1 heterocycles. The summed E-state index contributed by atoms with van der Waals surface area (Å²) < 4.78 is 17.1. The molecule has 0 atom stereocenters. The lowest BCUT2D eigenvalue weighted by atomic mass is 10.0. The largest absolute Gasteiger partial charge is 0.489 e. The van der Waals surface area contributed by atoms with E-state index in [1.54, 1.807) is 39.0 Å². The zero-order valence-corrected chi connectivity index (χ0v) is 22.7. The molecule has 3 aromatic carbocycles. The van der Waals surface area contributed by atoms with E-state index in [9.17, 15) is 14.4 Å². The summed E-state index contributed by atoms with van der Waals surface area (Å²) >= 11 is 6.06. The van der Waals surface area contributed by atoms with Gasteiger partial charge in [0.15, 0.2) is 0 Å². The van der Waals surface area contributed by atoms with Gasteiger partial charge < -0.3 is 19.5 Å². The SMILES string of the molecule is COC(=O)CNC(=O)c1nc2cc(-c3cccc(OCc4cccc(Cl)c4)c3)ccc2n1C(=O)OC(C)(C)C. The van der Waals surface area contributed by atoms with Crippen molar-refractivity contribution in [2.24, 2.45) is 0 Å². The van der Waals surface area contributed by atoms with Crippen LogP contribution in [-0.4, -0.2) is 46.8 Å². The lowest BCUT2D eigenvalue weighted by Crippen LogP contribution is -2.35. The van der Waals surface area contributed by atoms with E-state index >= 15 is 0 Å². The fraction of sp³-hybridized carbons (Fsp3) is 0.241. The van der Waals surface area contributed by atoms with E-state index in [0.717, 1.165) is 21.3 Å². The van der Waals surface area contributed by atoms with Crippen molar-refractivity contribution in [1.82, 2.24) is 14.9 Å². The number of amides is 1. The molecule has 9 nitrogen and oxygen atoms in total. The van der Waals surface area contributed by atoms with Crippen LogP contribution in [0.25, 0.3) is 22.2 Å². The molecule has 39 heavy (non-hydrogen) atoms. The second-order valence-electron chi connectivity index (χ2n) is 9.66. The maximum Gasteiger partial charge on any atom is 0.420 e. The van der Waals surface area contributed by atoms with Crippen LogP contribution >= 0.6 is 11.6 Å². The van der Waals surface area contributed by atoms with Gasteiger partial charge in [0.25, 0.3) is 5.91 Å². The van der Waals surface area contributed by atoms with Gasteiger partial charge in [-0.05, 0) is 73.9 Å². The zero-order valence-electron chi connectivity index (χ0n) is 22.0. The summed E-state index contributed by atoms with van der Waals surface area (Å²) in [6.07, 6.45) is -0.766. The summed E-state index contributed by atoms with van der Waals surface area (Å²) in [4.78, 5) is 41.9. The number of aromatic nitrogens is 2. The average molecular weight is 550 g/mol. The summed E-state index contributed by atoms with van der Waals surface area (Å²) in [6, 6.07) is 20.3. The van der Waals surface area contributed by atoms with Crippen molar-refractivity contribution in [3.63, 3.8) is 0 Å². The number of benzene rings is 3. The number of esters is 1. The van der Waals surface area contributed by atoms with Crippen LogP contribution in [0.15, 0.2) is 66.7 Å². The number of carbonyl (C=O) groups is 3. The minimum atomic E-state index is -0.807. The van der Waals surface area contributed by atoms with Crippen molar-refractivity contribution in [1.29, 1.82) is 0 Å². The summed E-state index contributed by atoms with van der Waals surface area (Å²) in [7, 11) is 1.21. The molecule has 0 fully saturated rings. The molecular weight excluding hydrogens is 522 g/mol. The number of nitrogens with one attached hydrogen (secondary N) is 1. The topological polar surface area (TPSA) is 109 Å². The van der Waals surface area contributed by atoms with Crippen molar-refractivity contribution in [3.05, 3.63) is 83.1 Å². The quantitative estimate of drug-likeness (QED) is 0.298. The first kappa shape index (κ1) is 27.7. The minimum absolute atomic E-state index is 0.209. The molecule has 0 aliphatic carbocycles. The first-order valence-corrected chi connectivity index (χ1v) is 12.5. The van der Waals surface area contributed by atoms with E-state index in [1.807, 2.05) is 48.5 Å². The number of halogens is 1. The highest BCUT2D eigenvalue weighted by Gasteiger charge is 2.27. The first-order valence-electron chi connectivity index (χ1n) is 12.1. The fourth-order valence-electron chi connectivity index (χ4n) is 3.77. The highest BCUT2D eigenvalue weighted by Crippen LogP contribution is 2.29. The Morgan fingerprint density at radius 2 is 1.72 bits per heavy atom. The van der Waals surface area contributed by atoms with Gasteiger partial charge in [-0.3, -0.25) is 9.59 Å². The number of ether oxygens (including phenoxy) is 3. The highest BCUT2D eigenvalue weighted by molar-refractivity contribution is 6.30. The molecule has 1 N–H and O–H groups in total. The molecule has 1 aromatic heterocycles. The van der Waals surface area contributed by atoms with E-state index in [2.05, 4.69) is 15.0 Å². The van der Waals surface area contributed by atoms with Crippen LogP contribution in [0.3, 0.4) is 0 Å². The zero-order chi connectivity index (χ0) is 28.2. The minimum Gasteiger partial charge on any atom is -0.489 e.